The summed E-state index contributed by atoms with van der Waals surface area (Å²) in [6.07, 6.45) is 13.3. The first-order valence-corrected chi connectivity index (χ1v) is 7.48. The molecule has 1 N–H and O–H groups in total. The van der Waals surface area contributed by atoms with Crippen molar-refractivity contribution in [3.8, 4) is 5.75 Å². The van der Waals surface area contributed by atoms with Crippen molar-refractivity contribution in [2.45, 2.75) is 5.92 Å². The van der Waals surface area contributed by atoms with Crippen molar-refractivity contribution in [1.82, 2.24) is 0 Å². The fourth-order valence-corrected chi connectivity index (χ4v) is 3.61. The molecule has 2 atom stereocenters. The monoisotopic (exact) mass is 292 g/mol. The molecule has 0 saturated heterocycles. The zero-order chi connectivity index (χ0) is 15.1. The van der Waals surface area contributed by atoms with Crippen LogP contribution in [-0.2, 0) is 4.79 Å². The molecule has 0 saturated carbocycles. The maximum atomic E-state index is 11.3. The summed E-state index contributed by atoms with van der Waals surface area (Å²) in [5.41, 5.74) is 5.31. The molecule has 0 bridgehead atoms. The number of hydrogen-bond donors (Lipinski definition) is 1. The van der Waals surface area contributed by atoms with Crippen LogP contribution in [0.15, 0.2) is 47.6 Å². The lowest BCUT2D eigenvalue weighted by atomic mass is 9.67. The Kier molecular flexibility index (Phi) is 3.09. The summed E-state index contributed by atoms with van der Waals surface area (Å²) in [6.45, 7) is 0.279. The average molecular weight is 292 g/mol. The van der Waals surface area contributed by atoms with Crippen LogP contribution in [0.4, 0.5) is 0 Å². The number of aldehydes is 1. The van der Waals surface area contributed by atoms with Gasteiger partial charge in [0, 0.05) is 23.0 Å². The lowest BCUT2D eigenvalue weighted by Gasteiger charge is -2.36. The van der Waals surface area contributed by atoms with E-state index in [4.69, 9.17) is 9.84 Å². The molecule has 0 spiro atoms. The van der Waals surface area contributed by atoms with Crippen LogP contribution in [0.3, 0.4) is 0 Å². The molecule has 110 valence electrons. The van der Waals surface area contributed by atoms with Gasteiger partial charge in [-0.2, -0.15) is 0 Å². The minimum atomic E-state index is -0.00459. The molecule has 0 heterocycles. The zero-order valence-electron chi connectivity index (χ0n) is 12.0. The molecule has 22 heavy (non-hydrogen) atoms. The van der Waals surface area contributed by atoms with Crippen LogP contribution in [0.5, 0.6) is 5.75 Å². The van der Waals surface area contributed by atoms with E-state index in [1.807, 2.05) is 18.2 Å². The smallest absolute Gasteiger partial charge is 0.150 e. The molecule has 0 aromatic heterocycles. The van der Waals surface area contributed by atoms with Crippen LogP contribution in [0.25, 0.3) is 12.2 Å². The van der Waals surface area contributed by atoms with Gasteiger partial charge in [-0.25, -0.2) is 0 Å². The van der Waals surface area contributed by atoms with Crippen LogP contribution in [0.2, 0.25) is 0 Å². The van der Waals surface area contributed by atoms with Gasteiger partial charge < -0.3 is 9.84 Å². The Morgan fingerprint density at radius 1 is 1.14 bits per heavy atom. The number of allylic oxidation sites excluding steroid dienone is 6. The summed E-state index contributed by atoms with van der Waals surface area (Å²) < 4.78 is 5.67. The molecule has 4 rings (SSSR count). The molecule has 0 radical (unpaired) electrons. The van der Waals surface area contributed by atoms with E-state index < -0.39 is 0 Å². The molecule has 0 aliphatic heterocycles. The van der Waals surface area contributed by atoms with Crippen molar-refractivity contribution in [2.24, 2.45) is 5.92 Å². The van der Waals surface area contributed by atoms with E-state index in [1.165, 1.54) is 11.1 Å². The van der Waals surface area contributed by atoms with Crippen LogP contribution >= 0.6 is 0 Å². The molecule has 0 amide bonds. The standard InChI is InChI=1S/C19H16O3/c20-9-10-22-17-8-5-13-3-6-15-14(11-21)2-1-12-4-7-16(17)19(13)18(12)15/h1-8,11-12,18,20H,9-10H2. The van der Waals surface area contributed by atoms with Crippen molar-refractivity contribution < 1.29 is 14.6 Å². The Morgan fingerprint density at radius 2 is 2.00 bits per heavy atom. The van der Waals surface area contributed by atoms with Gasteiger partial charge in [-0.3, -0.25) is 4.79 Å². The van der Waals surface area contributed by atoms with Gasteiger partial charge in [-0.05, 0) is 22.8 Å². The van der Waals surface area contributed by atoms with Crippen LogP contribution in [0.1, 0.15) is 22.6 Å². The number of aliphatic hydroxyl groups excluding tert-OH is 1. The van der Waals surface area contributed by atoms with Gasteiger partial charge in [0.15, 0.2) is 0 Å². The van der Waals surface area contributed by atoms with E-state index in [9.17, 15) is 4.79 Å². The minimum absolute atomic E-state index is 0.00459. The average Bonchev–Trinajstić information content (AvgIpc) is 2.58. The maximum Gasteiger partial charge on any atom is 0.150 e. The largest absolute Gasteiger partial charge is 0.491 e. The molecule has 1 aromatic carbocycles. The molecule has 3 aliphatic rings. The number of carbonyl (C=O) groups is 1. The van der Waals surface area contributed by atoms with Crippen molar-refractivity contribution in [2.75, 3.05) is 13.2 Å². The second-order valence-corrected chi connectivity index (χ2v) is 5.69. The highest BCUT2D eigenvalue weighted by Gasteiger charge is 2.35. The van der Waals surface area contributed by atoms with E-state index in [1.54, 1.807) is 0 Å². The first kappa shape index (κ1) is 13.3. The molecule has 0 fully saturated rings. The quantitative estimate of drug-likeness (QED) is 0.868. The second-order valence-electron chi connectivity index (χ2n) is 5.69. The van der Waals surface area contributed by atoms with E-state index in [2.05, 4.69) is 30.4 Å². The lowest BCUT2D eigenvalue weighted by Crippen LogP contribution is -2.23. The second kappa shape index (κ2) is 5.11. The van der Waals surface area contributed by atoms with Crippen molar-refractivity contribution in [1.29, 1.82) is 0 Å². The Bertz CT molecular complexity index is 765. The first-order valence-electron chi connectivity index (χ1n) is 7.48. The number of aliphatic hydroxyl groups is 1. The summed E-state index contributed by atoms with van der Waals surface area (Å²) in [5.74, 6) is 1.25. The SMILES string of the molecule is O=CC1=C2C=Cc3ccc(OCCO)c4c3C2C(C=C1)C=C4. The fraction of sp³-hybridized carbons (Fsp3) is 0.211. The number of rotatable bonds is 4. The molecule has 3 heteroatoms. The van der Waals surface area contributed by atoms with Gasteiger partial charge in [-0.15, -0.1) is 0 Å². The third-order valence-corrected chi connectivity index (χ3v) is 4.55. The number of ether oxygens (including phenoxy) is 1. The Balaban J connectivity index is 1.92. The predicted molar refractivity (Wildman–Crippen MR) is 85.6 cm³/mol. The normalized spacial score (nSPS) is 23.5. The topological polar surface area (TPSA) is 46.5 Å². The summed E-state index contributed by atoms with van der Waals surface area (Å²) in [5, 5.41) is 8.98. The summed E-state index contributed by atoms with van der Waals surface area (Å²) in [7, 11) is 0. The summed E-state index contributed by atoms with van der Waals surface area (Å²) in [6, 6.07) is 4.00. The minimum Gasteiger partial charge on any atom is -0.491 e. The van der Waals surface area contributed by atoms with E-state index in [0.29, 0.717) is 0 Å². The van der Waals surface area contributed by atoms with Gasteiger partial charge in [0.25, 0.3) is 0 Å². The van der Waals surface area contributed by atoms with Crippen molar-refractivity contribution in [3.05, 3.63) is 64.3 Å². The van der Waals surface area contributed by atoms with Gasteiger partial charge in [0.1, 0.15) is 18.6 Å². The summed E-state index contributed by atoms with van der Waals surface area (Å²) in [4.78, 5) is 11.3. The van der Waals surface area contributed by atoms with Gasteiger partial charge in [0.05, 0.1) is 6.61 Å². The number of hydrogen-bond acceptors (Lipinski definition) is 3. The highest BCUT2D eigenvalue weighted by molar-refractivity contribution is 5.86. The molecule has 3 aliphatic carbocycles. The molecular weight excluding hydrogens is 276 g/mol. The molecule has 3 nitrogen and oxygen atoms in total. The Hall–Kier alpha value is -2.39. The van der Waals surface area contributed by atoms with Gasteiger partial charge >= 0.3 is 0 Å². The van der Waals surface area contributed by atoms with Gasteiger partial charge in [-0.1, -0.05) is 42.5 Å². The van der Waals surface area contributed by atoms with E-state index in [0.717, 1.165) is 28.7 Å². The van der Waals surface area contributed by atoms with Crippen LogP contribution in [0, 0.1) is 5.92 Å². The van der Waals surface area contributed by atoms with Crippen LogP contribution < -0.4 is 4.74 Å². The van der Waals surface area contributed by atoms with E-state index in [-0.39, 0.29) is 25.0 Å². The first-order chi connectivity index (χ1) is 10.8. The molecule has 2 unspecified atom stereocenters. The number of carbonyl (C=O) groups excluding carboxylic acids is 1. The predicted octanol–water partition coefficient (Wildman–Crippen LogP) is 2.88. The highest BCUT2D eigenvalue weighted by atomic mass is 16.5. The zero-order valence-corrected chi connectivity index (χ0v) is 12.0. The Labute approximate surface area is 128 Å². The van der Waals surface area contributed by atoms with Gasteiger partial charge in [0.2, 0.25) is 0 Å². The fourth-order valence-electron chi connectivity index (χ4n) is 3.61. The lowest BCUT2D eigenvalue weighted by molar-refractivity contribution is -0.104. The van der Waals surface area contributed by atoms with Crippen molar-refractivity contribution in [3.63, 3.8) is 0 Å². The van der Waals surface area contributed by atoms with E-state index >= 15 is 0 Å². The summed E-state index contributed by atoms with van der Waals surface area (Å²) >= 11 is 0. The number of benzene rings is 1. The van der Waals surface area contributed by atoms with Crippen LogP contribution in [-0.4, -0.2) is 24.6 Å². The highest BCUT2D eigenvalue weighted by Crippen LogP contribution is 2.50. The third-order valence-electron chi connectivity index (χ3n) is 4.55. The third kappa shape index (κ3) is 1.82. The Morgan fingerprint density at radius 3 is 2.82 bits per heavy atom. The molecular formula is C19H16O3. The maximum absolute atomic E-state index is 11.3. The van der Waals surface area contributed by atoms with Crippen molar-refractivity contribution >= 4 is 18.4 Å². The molecule has 1 aromatic rings.